The van der Waals surface area contributed by atoms with Gasteiger partial charge >= 0.3 is 6.01 Å². The first-order valence-electron chi connectivity index (χ1n) is 8.93. The number of aryl methyl sites for hydroxylation is 2. The highest BCUT2D eigenvalue weighted by molar-refractivity contribution is 5.81. The lowest BCUT2D eigenvalue weighted by Crippen LogP contribution is -2.06. The Kier molecular flexibility index (Phi) is 5.82. The van der Waals surface area contributed by atoms with Gasteiger partial charge in [0, 0.05) is 6.54 Å². The molecule has 0 aliphatic heterocycles. The molecule has 0 aliphatic rings. The number of nitrogens with zero attached hydrogens (tertiary/aromatic N) is 4. The van der Waals surface area contributed by atoms with Gasteiger partial charge in [0.25, 0.3) is 0 Å². The lowest BCUT2D eigenvalue weighted by Gasteiger charge is -2.07. The number of hydrogen-bond acceptors (Lipinski definition) is 5. The summed E-state index contributed by atoms with van der Waals surface area (Å²) in [6, 6.07) is 10.7. The highest BCUT2D eigenvalue weighted by atomic mass is 16.5. The van der Waals surface area contributed by atoms with E-state index in [9.17, 15) is 0 Å². The molecule has 2 aromatic heterocycles. The van der Waals surface area contributed by atoms with Crippen molar-refractivity contribution < 1.29 is 4.74 Å². The first-order valence-corrected chi connectivity index (χ1v) is 8.93. The molecule has 0 saturated heterocycles. The largest absolute Gasteiger partial charge is 0.463 e. The second kappa shape index (κ2) is 8.46. The molecule has 0 atom stereocenters. The number of ether oxygens (including phenoxy) is 1. The van der Waals surface area contributed by atoms with E-state index in [4.69, 9.17) is 10.5 Å². The van der Waals surface area contributed by atoms with E-state index in [1.165, 1.54) is 18.4 Å². The minimum atomic E-state index is 0.329. The van der Waals surface area contributed by atoms with E-state index >= 15 is 0 Å². The fourth-order valence-electron chi connectivity index (χ4n) is 2.79. The maximum absolute atomic E-state index is 6.01. The third-order valence-corrected chi connectivity index (χ3v) is 4.16. The summed E-state index contributed by atoms with van der Waals surface area (Å²) < 4.78 is 7.75. The molecule has 1 aromatic carbocycles. The number of unbranched alkanes of at least 4 members (excludes halogenated alkanes) is 2. The van der Waals surface area contributed by atoms with Gasteiger partial charge in [0.2, 0.25) is 0 Å². The molecule has 6 nitrogen and oxygen atoms in total. The highest BCUT2D eigenvalue weighted by Crippen LogP contribution is 2.20. The number of imidazole rings is 1. The Balaban J connectivity index is 1.62. The molecular formula is C19H25N5O. The molecule has 6 heteroatoms. The number of fused-ring (bicyclic) bond motifs is 1. The molecule has 0 radical (unpaired) electrons. The Morgan fingerprint density at radius 2 is 1.92 bits per heavy atom. The van der Waals surface area contributed by atoms with Crippen molar-refractivity contribution in [3.8, 4) is 6.01 Å². The predicted molar refractivity (Wildman–Crippen MR) is 99.5 cm³/mol. The van der Waals surface area contributed by atoms with Crippen LogP contribution >= 0.6 is 0 Å². The number of hydrogen-bond donors (Lipinski definition) is 1. The summed E-state index contributed by atoms with van der Waals surface area (Å²) in [5.74, 6) is 0.373. The zero-order valence-electron chi connectivity index (χ0n) is 14.7. The van der Waals surface area contributed by atoms with Crippen LogP contribution in [0.1, 0.15) is 38.2 Å². The summed E-state index contributed by atoms with van der Waals surface area (Å²) in [5, 5.41) is 0. The molecule has 0 amide bonds. The summed E-state index contributed by atoms with van der Waals surface area (Å²) in [6.07, 6.45) is 7.11. The van der Waals surface area contributed by atoms with Crippen LogP contribution in [0.2, 0.25) is 0 Å². The lowest BCUT2D eigenvalue weighted by atomic mass is 10.1. The molecule has 0 bridgehead atoms. The summed E-state index contributed by atoms with van der Waals surface area (Å²) in [5.41, 5.74) is 8.71. The molecule has 0 spiro atoms. The van der Waals surface area contributed by atoms with Crippen LogP contribution in [0, 0.1) is 0 Å². The molecule has 132 valence electrons. The molecule has 0 aliphatic carbocycles. The molecule has 0 saturated carbocycles. The lowest BCUT2D eigenvalue weighted by molar-refractivity contribution is 0.288. The van der Waals surface area contributed by atoms with Gasteiger partial charge in [-0.3, -0.25) is 0 Å². The van der Waals surface area contributed by atoms with Crippen LogP contribution in [-0.2, 0) is 13.0 Å². The van der Waals surface area contributed by atoms with Crippen molar-refractivity contribution in [2.75, 3.05) is 12.3 Å². The second-order valence-electron chi connectivity index (χ2n) is 6.15. The number of aromatic nitrogens is 4. The topological polar surface area (TPSA) is 78.9 Å². The minimum Gasteiger partial charge on any atom is -0.463 e. The Bertz CT molecular complexity index is 800. The average molecular weight is 339 g/mol. The van der Waals surface area contributed by atoms with Gasteiger partial charge in [-0.05, 0) is 24.8 Å². The number of anilines is 1. The fraction of sp³-hybridized carbons (Fsp3) is 0.421. The van der Waals surface area contributed by atoms with Crippen LogP contribution in [0.4, 0.5) is 5.82 Å². The SMILES string of the molecule is CCCCCn1cnc2c(N)nc(OCCCc3ccccc3)nc21. The predicted octanol–water partition coefficient (Wildman–Crippen LogP) is 3.61. The normalized spacial score (nSPS) is 11.1. The van der Waals surface area contributed by atoms with E-state index in [-0.39, 0.29) is 0 Å². The number of rotatable bonds is 9. The van der Waals surface area contributed by atoms with Crippen molar-refractivity contribution in [3.05, 3.63) is 42.2 Å². The van der Waals surface area contributed by atoms with E-state index in [0.29, 0.717) is 24.0 Å². The van der Waals surface area contributed by atoms with Crippen molar-refractivity contribution in [1.82, 2.24) is 19.5 Å². The molecule has 25 heavy (non-hydrogen) atoms. The van der Waals surface area contributed by atoms with E-state index in [1.807, 2.05) is 22.8 Å². The van der Waals surface area contributed by atoms with Crippen LogP contribution in [0.3, 0.4) is 0 Å². The van der Waals surface area contributed by atoms with Crippen LogP contribution in [0.15, 0.2) is 36.7 Å². The number of nitrogens with two attached hydrogens (primary N) is 1. The van der Waals surface area contributed by atoms with Crippen LogP contribution < -0.4 is 10.5 Å². The first-order chi connectivity index (χ1) is 12.3. The number of benzene rings is 1. The van der Waals surface area contributed by atoms with Gasteiger partial charge in [0.05, 0.1) is 12.9 Å². The van der Waals surface area contributed by atoms with Crippen molar-refractivity contribution in [3.63, 3.8) is 0 Å². The Hall–Kier alpha value is -2.63. The first kappa shape index (κ1) is 17.2. The summed E-state index contributed by atoms with van der Waals surface area (Å²) in [4.78, 5) is 13.1. The van der Waals surface area contributed by atoms with E-state index < -0.39 is 0 Å². The summed E-state index contributed by atoms with van der Waals surface area (Å²) in [7, 11) is 0. The Labute approximate surface area is 148 Å². The van der Waals surface area contributed by atoms with Gasteiger partial charge in [-0.2, -0.15) is 9.97 Å². The van der Waals surface area contributed by atoms with E-state index in [1.54, 1.807) is 6.33 Å². The molecule has 0 fully saturated rings. The minimum absolute atomic E-state index is 0.329. The molecule has 2 N–H and O–H groups in total. The van der Waals surface area contributed by atoms with Gasteiger partial charge in [0.1, 0.15) is 5.52 Å². The van der Waals surface area contributed by atoms with Crippen molar-refractivity contribution in [1.29, 1.82) is 0 Å². The Morgan fingerprint density at radius 3 is 2.72 bits per heavy atom. The third-order valence-electron chi connectivity index (χ3n) is 4.16. The van der Waals surface area contributed by atoms with E-state index in [2.05, 4.69) is 34.0 Å². The fourth-order valence-corrected chi connectivity index (χ4v) is 2.79. The highest BCUT2D eigenvalue weighted by Gasteiger charge is 2.12. The van der Waals surface area contributed by atoms with Crippen molar-refractivity contribution in [2.45, 2.75) is 45.6 Å². The van der Waals surface area contributed by atoms with Gasteiger partial charge < -0.3 is 15.0 Å². The van der Waals surface area contributed by atoms with Gasteiger partial charge in [-0.15, -0.1) is 0 Å². The zero-order chi connectivity index (χ0) is 17.5. The molecule has 0 unspecified atom stereocenters. The standard InChI is InChI=1S/C19H25N5O/c1-2-3-7-12-24-14-21-16-17(20)22-19(23-18(16)24)25-13-8-11-15-9-5-4-6-10-15/h4-6,9-10,14H,2-3,7-8,11-13H2,1H3,(H2,20,22,23). The molecular weight excluding hydrogens is 314 g/mol. The van der Waals surface area contributed by atoms with Crippen LogP contribution in [0.25, 0.3) is 11.2 Å². The maximum Gasteiger partial charge on any atom is 0.320 e. The molecule has 2 heterocycles. The molecule has 3 aromatic rings. The summed E-state index contributed by atoms with van der Waals surface area (Å²) >= 11 is 0. The molecule has 3 rings (SSSR count). The second-order valence-corrected chi connectivity index (χ2v) is 6.15. The third kappa shape index (κ3) is 4.47. The number of nitrogen functional groups attached to an aromatic ring is 1. The van der Waals surface area contributed by atoms with Gasteiger partial charge in [-0.25, -0.2) is 4.98 Å². The Morgan fingerprint density at radius 1 is 1.08 bits per heavy atom. The van der Waals surface area contributed by atoms with Crippen LogP contribution in [-0.4, -0.2) is 26.1 Å². The van der Waals surface area contributed by atoms with Crippen molar-refractivity contribution >= 4 is 17.0 Å². The zero-order valence-corrected chi connectivity index (χ0v) is 14.7. The van der Waals surface area contributed by atoms with Crippen molar-refractivity contribution in [2.24, 2.45) is 0 Å². The average Bonchev–Trinajstić information content (AvgIpc) is 3.04. The maximum atomic E-state index is 6.01. The van der Waals surface area contributed by atoms with Gasteiger partial charge in [-0.1, -0.05) is 50.1 Å². The van der Waals surface area contributed by atoms with Gasteiger partial charge in [0.15, 0.2) is 11.5 Å². The van der Waals surface area contributed by atoms with Crippen LogP contribution in [0.5, 0.6) is 6.01 Å². The smallest absolute Gasteiger partial charge is 0.320 e. The summed E-state index contributed by atoms with van der Waals surface area (Å²) in [6.45, 7) is 3.63. The van der Waals surface area contributed by atoms with E-state index in [0.717, 1.165) is 31.5 Å². The monoisotopic (exact) mass is 339 g/mol. The quantitative estimate of drug-likeness (QED) is 0.602.